The first kappa shape index (κ1) is 14.8. The summed E-state index contributed by atoms with van der Waals surface area (Å²) in [5, 5.41) is 3.14. The fraction of sp³-hybridized carbons (Fsp3) is 0.933. The Kier molecular flexibility index (Phi) is 4.85. The molecule has 0 radical (unpaired) electrons. The number of hydrogen-bond acceptors (Lipinski definition) is 3. The molecule has 110 valence electrons. The van der Waals surface area contributed by atoms with Crippen molar-refractivity contribution in [2.75, 3.05) is 6.61 Å². The van der Waals surface area contributed by atoms with Gasteiger partial charge in [-0.1, -0.05) is 33.1 Å². The van der Waals surface area contributed by atoms with Crippen LogP contribution in [0, 0.1) is 5.92 Å². The van der Waals surface area contributed by atoms with Gasteiger partial charge in [0, 0.05) is 12.6 Å². The maximum Gasteiger partial charge on any atom is 0.237 e. The lowest BCUT2D eigenvalue weighted by atomic mass is 9.88. The van der Waals surface area contributed by atoms with Crippen LogP contribution in [-0.2, 0) is 9.53 Å². The van der Waals surface area contributed by atoms with Gasteiger partial charge >= 0.3 is 0 Å². The van der Waals surface area contributed by atoms with E-state index in [0.717, 1.165) is 38.7 Å². The van der Waals surface area contributed by atoms with Crippen LogP contribution in [0.1, 0.15) is 58.8 Å². The summed E-state index contributed by atoms with van der Waals surface area (Å²) in [5.41, 5.74) is 6.04. The summed E-state index contributed by atoms with van der Waals surface area (Å²) >= 11 is 0. The second-order valence-electron chi connectivity index (χ2n) is 6.35. The zero-order chi connectivity index (χ0) is 13.9. The van der Waals surface area contributed by atoms with Crippen LogP contribution < -0.4 is 11.1 Å². The molecule has 19 heavy (non-hydrogen) atoms. The summed E-state index contributed by atoms with van der Waals surface area (Å²) in [6.07, 6.45) is 7.63. The number of nitrogens with one attached hydrogen (secondary N) is 1. The highest BCUT2D eigenvalue weighted by molar-refractivity contribution is 5.82. The van der Waals surface area contributed by atoms with Crippen molar-refractivity contribution >= 4 is 5.91 Å². The van der Waals surface area contributed by atoms with E-state index in [1.165, 1.54) is 12.8 Å². The average molecular weight is 268 g/mol. The number of amides is 1. The van der Waals surface area contributed by atoms with Gasteiger partial charge in [0.25, 0.3) is 0 Å². The summed E-state index contributed by atoms with van der Waals surface area (Å²) in [5.74, 6) is 0.245. The van der Waals surface area contributed by atoms with Gasteiger partial charge in [-0.05, 0) is 31.6 Å². The molecule has 1 saturated carbocycles. The molecule has 3 N–H and O–H groups in total. The Hall–Kier alpha value is -0.610. The Morgan fingerprint density at radius 2 is 2.16 bits per heavy atom. The van der Waals surface area contributed by atoms with Crippen LogP contribution in [0.2, 0.25) is 0 Å². The van der Waals surface area contributed by atoms with Gasteiger partial charge in [0.1, 0.15) is 0 Å². The minimum Gasteiger partial charge on any atom is -0.375 e. The van der Waals surface area contributed by atoms with Gasteiger partial charge < -0.3 is 15.8 Å². The van der Waals surface area contributed by atoms with E-state index in [2.05, 4.69) is 12.2 Å². The first-order valence-electron chi connectivity index (χ1n) is 7.76. The van der Waals surface area contributed by atoms with E-state index >= 15 is 0 Å². The summed E-state index contributed by atoms with van der Waals surface area (Å²) in [7, 11) is 0. The third kappa shape index (κ3) is 3.48. The zero-order valence-electron chi connectivity index (χ0n) is 12.3. The highest BCUT2D eigenvalue weighted by Crippen LogP contribution is 2.39. The SMILES string of the molecule is CCC(C)C(N)C(=O)NC1CCOC2(CCCC2)C1. The Bertz CT molecular complexity index is 313. The first-order chi connectivity index (χ1) is 9.06. The Morgan fingerprint density at radius 1 is 1.47 bits per heavy atom. The fourth-order valence-corrected chi connectivity index (χ4v) is 3.33. The predicted molar refractivity (Wildman–Crippen MR) is 75.7 cm³/mol. The lowest BCUT2D eigenvalue weighted by molar-refractivity contribution is -0.127. The van der Waals surface area contributed by atoms with E-state index in [-0.39, 0.29) is 29.5 Å². The highest BCUT2D eigenvalue weighted by Gasteiger charge is 2.40. The van der Waals surface area contributed by atoms with Crippen molar-refractivity contribution in [2.45, 2.75) is 76.5 Å². The first-order valence-corrected chi connectivity index (χ1v) is 7.76. The molecule has 4 nitrogen and oxygen atoms in total. The van der Waals surface area contributed by atoms with E-state index in [0.29, 0.717) is 0 Å². The molecule has 3 unspecified atom stereocenters. The van der Waals surface area contributed by atoms with Crippen LogP contribution in [0.4, 0.5) is 0 Å². The molecular formula is C15H28N2O2. The van der Waals surface area contributed by atoms with Crippen molar-refractivity contribution < 1.29 is 9.53 Å². The molecule has 0 bridgehead atoms. The maximum atomic E-state index is 12.1. The van der Waals surface area contributed by atoms with Crippen LogP contribution >= 0.6 is 0 Å². The van der Waals surface area contributed by atoms with Crippen LogP contribution in [-0.4, -0.2) is 30.2 Å². The molecule has 0 aromatic carbocycles. The number of carbonyl (C=O) groups is 1. The molecule has 1 saturated heterocycles. The largest absolute Gasteiger partial charge is 0.375 e. The zero-order valence-corrected chi connectivity index (χ0v) is 12.3. The quantitative estimate of drug-likeness (QED) is 0.819. The van der Waals surface area contributed by atoms with E-state index in [1.807, 2.05) is 6.92 Å². The van der Waals surface area contributed by atoms with Crippen LogP contribution in [0.25, 0.3) is 0 Å². The van der Waals surface area contributed by atoms with Crippen molar-refractivity contribution in [3.8, 4) is 0 Å². The second-order valence-corrected chi connectivity index (χ2v) is 6.35. The van der Waals surface area contributed by atoms with E-state index < -0.39 is 0 Å². The normalized spacial score (nSPS) is 29.1. The number of nitrogens with two attached hydrogens (primary N) is 1. The van der Waals surface area contributed by atoms with E-state index in [9.17, 15) is 4.79 Å². The predicted octanol–water partition coefficient (Wildman–Crippen LogP) is 1.97. The Labute approximate surface area is 116 Å². The summed E-state index contributed by atoms with van der Waals surface area (Å²) in [4.78, 5) is 12.1. The minimum absolute atomic E-state index is 0.00870. The molecular weight excluding hydrogens is 240 g/mol. The third-order valence-corrected chi connectivity index (χ3v) is 4.91. The van der Waals surface area contributed by atoms with Crippen molar-refractivity contribution in [3.05, 3.63) is 0 Å². The summed E-state index contributed by atoms with van der Waals surface area (Å²) in [6.45, 7) is 4.87. The standard InChI is InChI=1S/C15H28N2O2/c1-3-11(2)13(16)14(18)17-12-6-9-19-15(10-12)7-4-5-8-15/h11-13H,3-10,16H2,1-2H3,(H,17,18). The summed E-state index contributed by atoms with van der Waals surface area (Å²) < 4.78 is 5.98. The maximum absolute atomic E-state index is 12.1. The molecule has 1 amide bonds. The molecule has 2 aliphatic rings. The lowest BCUT2D eigenvalue weighted by Crippen LogP contribution is -2.52. The number of rotatable bonds is 4. The molecule has 0 aromatic rings. The van der Waals surface area contributed by atoms with Crippen molar-refractivity contribution in [3.63, 3.8) is 0 Å². The van der Waals surface area contributed by atoms with Crippen molar-refractivity contribution in [1.29, 1.82) is 0 Å². The topological polar surface area (TPSA) is 64.4 Å². The third-order valence-electron chi connectivity index (χ3n) is 4.91. The second kappa shape index (κ2) is 6.23. The van der Waals surface area contributed by atoms with Gasteiger partial charge in [0.15, 0.2) is 0 Å². The monoisotopic (exact) mass is 268 g/mol. The van der Waals surface area contributed by atoms with E-state index in [1.54, 1.807) is 0 Å². The number of carbonyl (C=O) groups excluding carboxylic acids is 1. The van der Waals surface area contributed by atoms with Crippen LogP contribution in [0.5, 0.6) is 0 Å². The van der Waals surface area contributed by atoms with Crippen molar-refractivity contribution in [1.82, 2.24) is 5.32 Å². The minimum atomic E-state index is -0.382. The van der Waals surface area contributed by atoms with Crippen LogP contribution in [0.3, 0.4) is 0 Å². The average Bonchev–Trinajstić information content (AvgIpc) is 2.84. The van der Waals surface area contributed by atoms with Gasteiger partial charge in [-0.25, -0.2) is 0 Å². The lowest BCUT2D eigenvalue weighted by Gasteiger charge is -2.39. The molecule has 1 aliphatic heterocycles. The van der Waals surface area contributed by atoms with Crippen LogP contribution in [0.15, 0.2) is 0 Å². The number of ether oxygens (including phenoxy) is 1. The van der Waals surface area contributed by atoms with Gasteiger partial charge in [-0.3, -0.25) is 4.79 Å². The van der Waals surface area contributed by atoms with Crippen molar-refractivity contribution in [2.24, 2.45) is 11.7 Å². The molecule has 4 heteroatoms. The smallest absolute Gasteiger partial charge is 0.237 e. The molecule has 1 aliphatic carbocycles. The Balaban J connectivity index is 1.86. The molecule has 3 atom stereocenters. The highest BCUT2D eigenvalue weighted by atomic mass is 16.5. The molecule has 2 fully saturated rings. The molecule has 1 heterocycles. The molecule has 2 rings (SSSR count). The van der Waals surface area contributed by atoms with Gasteiger partial charge in [0.05, 0.1) is 11.6 Å². The van der Waals surface area contributed by atoms with Gasteiger partial charge in [0.2, 0.25) is 5.91 Å². The molecule has 1 spiro atoms. The van der Waals surface area contributed by atoms with Gasteiger partial charge in [-0.2, -0.15) is 0 Å². The summed E-state index contributed by atoms with van der Waals surface area (Å²) in [6, 6.07) is -0.137. The number of hydrogen-bond donors (Lipinski definition) is 2. The Morgan fingerprint density at radius 3 is 2.79 bits per heavy atom. The van der Waals surface area contributed by atoms with Gasteiger partial charge in [-0.15, -0.1) is 0 Å². The van der Waals surface area contributed by atoms with E-state index in [4.69, 9.17) is 10.5 Å². The molecule has 0 aromatic heterocycles. The fourth-order valence-electron chi connectivity index (χ4n) is 3.33.